The van der Waals surface area contributed by atoms with E-state index < -0.39 is 0 Å². The van der Waals surface area contributed by atoms with Crippen molar-refractivity contribution in [3.63, 3.8) is 0 Å². The first kappa shape index (κ1) is 16.0. The molecule has 1 aliphatic carbocycles. The first-order valence-electron chi connectivity index (χ1n) is 8.62. The van der Waals surface area contributed by atoms with Crippen LogP contribution in [0.4, 0.5) is 4.79 Å². The third-order valence-electron chi connectivity index (χ3n) is 5.38. The van der Waals surface area contributed by atoms with Crippen molar-refractivity contribution in [2.45, 2.75) is 45.6 Å². The maximum absolute atomic E-state index is 12.4. The molecule has 0 saturated heterocycles. The SMILES string of the molecule is C[C@H]1CCCC[C@H]1CNC(=O)N1CCc2c(ncn(C)c2=O)C1. The van der Waals surface area contributed by atoms with Crippen molar-refractivity contribution in [1.29, 1.82) is 0 Å². The highest BCUT2D eigenvalue weighted by atomic mass is 16.2. The van der Waals surface area contributed by atoms with Gasteiger partial charge in [0.2, 0.25) is 0 Å². The predicted octanol–water partition coefficient (Wildman–Crippen LogP) is 1.67. The molecule has 1 aromatic heterocycles. The molecule has 2 heterocycles. The van der Waals surface area contributed by atoms with E-state index in [1.54, 1.807) is 11.9 Å². The molecule has 3 rings (SSSR count). The first-order chi connectivity index (χ1) is 11.1. The molecule has 0 unspecified atom stereocenters. The van der Waals surface area contributed by atoms with Gasteiger partial charge in [-0.15, -0.1) is 0 Å². The van der Waals surface area contributed by atoms with E-state index in [1.807, 2.05) is 0 Å². The van der Waals surface area contributed by atoms with Crippen molar-refractivity contribution in [1.82, 2.24) is 19.8 Å². The van der Waals surface area contributed by atoms with Crippen molar-refractivity contribution in [3.05, 3.63) is 27.9 Å². The van der Waals surface area contributed by atoms with Gasteiger partial charge in [0.15, 0.2) is 0 Å². The number of carbonyl (C=O) groups excluding carboxylic acids is 1. The Kier molecular flexibility index (Phi) is 4.68. The molecule has 2 aliphatic rings. The number of urea groups is 1. The van der Waals surface area contributed by atoms with Gasteiger partial charge in [-0.25, -0.2) is 9.78 Å². The summed E-state index contributed by atoms with van der Waals surface area (Å²) in [5, 5.41) is 3.09. The Labute approximate surface area is 136 Å². The van der Waals surface area contributed by atoms with Gasteiger partial charge in [0.25, 0.3) is 5.56 Å². The molecule has 1 aliphatic heterocycles. The average molecular weight is 318 g/mol. The number of nitrogens with zero attached hydrogens (tertiary/aromatic N) is 3. The average Bonchev–Trinajstić information content (AvgIpc) is 2.57. The standard InChI is InChI=1S/C17H26N4O2/c1-12-5-3-4-6-13(12)9-18-17(23)21-8-7-14-15(10-21)19-11-20(2)16(14)22/h11-13H,3-10H2,1-2H3,(H,18,23)/t12-,13-/m0/s1. The summed E-state index contributed by atoms with van der Waals surface area (Å²) in [4.78, 5) is 30.6. The molecule has 2 amide bonds. The molecular weight excluding hydrogens is 292 g/mol. The lowest BCUT2D eigenvalue weighted by Gasteiger charge is -2.31. The highest BCUT2D eigenvalue weighted by molar-refractivity contribution is 5.74. The number of hydrogen-bond acceptors (Lipinski definition) is 3. The van der Waals surface area contributed by atoms with Gasteiger partial charge >= 0.3 is 6.03 Å². The summed E-state index contributed by atoms with van der Waals surface area (Å²) in [5.41, 5.74) is 1.49. The molecule has 0 radical (unpaired) electrons. The smallest absolute Gasteiger partial charge is 0.317 e. The number of aromatic nitrogens is 2. The van der Waals surface area contributed by atoms with Crippen LogP contribution in [0.2, 0.25) is 0 Å². The Bertz CT molecular complexity index is 640. The first-order valence-corrected chi connectivity index (χ1v) is 8.62. The highest BCUT2D eigenvalue weighted by Gasteiger charge is 2.26. The number of hydrogen-bond donors (Lipinski definition) is 1. The topological polar surface area (TPSA) is 67.2 Å². The molecule has 0 spiro atoms. The molecular formula is C17H26N4O2. The maximum Gasteiger partial charge on any atom is 0.317 e. The Morgan fingerprint density at radius 1 is 1.39 bits per heavy atom. The van der Waals surface area contributed by atoms with Gasteiger partial charge in [-0.2, -0.15) is 0 Å². The zero-order valence-electron chi connectivity index (χ0n) is 14.0. The van der Waals surface area contributed by atoms with Crippen molar-refractivity contribution < 1.29 is 4.79 Å². The van der Waals surface area contributed by atoms with E-state index in [1.165, 1.54) is 36.6 Å². The summed E-state index contributed by atoms with van der Waals surface area (Å²) in [6.07, 6.45) is 7.19. The molecule has 1 saturated carbocycles. The monoisotopic (exact) mass is 318 g/mol. The normalized spacial score (nSPS) is 24.2. The quantitative estimate of drug-likeness (QED) is 0.902. The van der Waals surface area contributed by atoms with Crippen LogP contribution in [0.15, 0.2) is 11.1 Å². The molecule has 0 bridgehead atoms. The van der Waals surface area contributed by atoms with Crippen LogP contribution >= 0.6 is 0 Å². The Morgan fingerprint density at radius 3 is 2.96 bits per heavy atom. The Hall–Kier alpha value is -1.85. The maximum atomic E-state index is 12.4. The van der Waals surface area contributed by atoms with Crippen molar-refractivity contribution >= 4 is 6.03 Å². The van der Waals surface area contributed by atoms with Gasteiger partial charge in [0.1, 0.15) is 0 Å². The van der Waals surface area contributed by atoms with Gasteiger partial charge in [-0.3, -0.25) is 4.79 Å². The minimum atomic E-state index is -0.0316. The second kappa shape index (κ2) is 6.72. The largest absolute Gasteiger partial charge is 0.338 e. The van der Waals surface area contributed by atoms with Crippen LogP contribution in [0.25, 0.3) is 0 Å². The molecule has 1 aromatic rings. The summed E-state index contributed by atoms with van der Waals surface area (Å²) in [5.74, 6) is 1.28. The van der Waals surface area contributed by atoms with Crippen LogP contribution in [-0.4, -0.2) is 33.6 Å². The van der Waals surface area contributed by atoms with E-state index in [9.17, 15) is 9.59 Å². The number of aryl methyl sites for hydroxylation is 1. The number of amides is 2. The number of rotatable bonds is 2. The summed E-state index contributed by atoms with van der Waals surface area (Å²) >= 11 is 0. The fourth-order valence-electron chi connectivity index (χ4n) is 3.72. The predicted molar refractivity (Wildman–Crippen MR) is 88.1 cm³/mol. The molecule has 6 nitrogen and oxygen atoms in total. The molecule has 23 heavy (non-hydrogen) atoms. The zero-order chi connectivity index (χ0) is 16.4. The highest BCUT2D eigenvalue weighted by Crippen LogP contribution is 2.28. The van der Waals surface area contributed by atoms with Crippen LogP contribution in [-0.2, 0) is 20.0 Å². The van der Waals surface area contributed by atoms with Crippen LogP contribution in [0, 0.1) is 11.8 Å². The molecule has 1 fully saturated rings. The second-order valence-electron chi connectivity index (χ2n) is 6.97. The fourth-order valence-corrected chi connectivity index (χ4v) is 3.72. The molecule has 6 heteroatoms. The second-order valence-corrected chi connectivity index (χ2v) is 6.97. The zero-order valence-corrected chi connectivity index (χ0v) is 14.0. The third-order valence-corrected chi connectivity index (χ3v) is 5.38. The summed E-state index contributed by atoms with van der Waals surface area (Å²) in [7, 11) is 1.71. The Balaban J connectivity index is 1.59. The van der Waals surface area contributed by atoms with Crippen molar-refractivity contribution in [3.8, 4) is 0 Å². The minimum Gasteiger partial charge on any atom is -0.338 e. The molecule has 0 aromatic carbocycles. The van der Waals surface area contributed by atoms with E-state index in [-0.39, 0.29) is 11.6 Å². The summed E-state index contributed by atoms with van der Waals surface area (Å²) in [6.45, 7) is 4.05. The summed E-state index contributed by atoms with van der Waals surface area (Å²) < 4.78 is 1.50. The van der Waals surface area contributed by atoms with Gasteiger partial charge in [0, 0.05) is 25.7 Å². The van der Waals surface area contributed by atoms with Gasteiger partial charge in [0.05, 0.1) is 18.6 Å². The molecule has 126 valence electrons. The van der Waals surface area contributed by atoms with Gasteiger partial charge in [-0.05, 0) is 24.7 Å². The number of fused-ring (bicyclic) bond motifs is 1. The van der Waals surface area contributed by atoms with E-state index in [2.05, 4.69) is 17.2 Å². The van der Waals surface area contributed by atoms with Crippen molar-refractivity contribution in [2.24, 2.45) is 18.9 Å². The van der Waals surface area contributed by atoms with Crippen LogP contribution < -0.4 is 10.9 Å². The van der Waals surface area contributed by atoms with E-state index in [4.69, 9.17) is 0 Å². The Morgan fingerprint density at radius 2 is 2.17 bits per heavy atom. The molecule has 2 atom stereocenters. The van der Waals surface area contributed by atoms with E-state index >= 15 is 0 Å². The number of carbonyl (C=O) groups is 1. The lowest BCUT2D eigenvalue weighted by Crippen LogP contribution is -2.46. The third kappa shape index (κ3) is 3.41. The summed E-state index contributed by atoms with van der Waals surface area (Å²) in [6, 6.07) is -0.0316. The van der Waals surface area contributed by atoms with Crippen LogP contribution in [0.3, 0.4) is 0 Å². The number of nitrogens with one attached hydrogen (secondary N) is 1. The van der Waals surface area contributed by atoms with Crippen molar-refractivity contribution in [2.75, 3.05) is 13.1 Å². The van der Waals surface area contributed by atoms with Crippen LogP contribution in [0.1, 0.15) is 43.9 Å². The van der Waals surface area contributed by atoms with Crippen LogP contribution in [0.5, 0.6) is 0 Å². The van der Waals surface area contributed by atoms with Gasteiger partial charge < -0.3 is 14.8 Å². The fraction of sp³-hybridized carbons (Fsp3) is 0.706. The lowest BCUT2D eigenvalue weighted by atomic mass is 9.80. The van der Waals surface area contributed by atoms with E-state index in [0.29, 0.717) is 31.3 Å². The lowest BCUT2D eigenvalue weighted by molar-refractivity contribution is 0.182. The van der Waals surface area contributed by atoms with Gasteiger partial charge in [-0.1, -0.05) is 26.2 Å². The van der Waals surface area contributed by atoms with E-state index in [0.717, 1.165) is 17.8 Å². The minimum absolute atomic E-state index is 0.00564. The molecule has 1 N–H and O–H groups in total.